The monoisotopic (exact) mass is 568 g/mol. The first-order valence-corrected chi connectivity index (χ1v) is 15.5. The van der Waals surface area contributed by atoms with Gasteiger partial charge in [-0.1, -0.05) is 54.6 Å². The van der Waals surface area contributed by atoms with Gasteiger partial charge in [0.2, 0.25) is 0 Å². The van der Waals surface area contributed by atoms with Crippen molar-refractivity contribution in [3.8, 4) is 0 Å². The smallest absolute Gasteiger partial charge is 0.305 e. The van der Waals surface area contributed by atoms with Crippen molar-refractivity contribution in [2.45, 2.75) is 108 Å². The maximum Gasteiger partial charge on any atom is 0.305 e. The number of esters is 2. The van der Waals surface area contributed by atoms with Crippen LogP contribution in [0.25, 0.3) is 0 Å². The summed E-state index contributed by atoms with van der Waals surface area (Å²) in [5, 5.41) is 11.2. The highest BCUT2D eigenvalue weighted by atomic mass is 16.7. The van der Waals surface area contributed by atoms with Gasteiger partial charge in [-0.2, -0.15) is 0 Å². The van der Waals surface area contributed by atoms with Crippen molar-refractivity contribution in [1.29, 1.82) is 0 Å². The molecule has 226 valence electrons. The Bertz CT molecular complexity index is 1000. The summed E-state index contributed by atoms with van der Waals surface area (Å²) >= 11 is 0. The number of hydrogen-bond donors (Lipinski definition) is 1. The topological polar surface area (TPSA) is 91.3 Å². The Morgan fingerprint density at radius 3 is 2.63 bits per heavy atom. The molecule has 2 aliphatic carbocycles. The lowest BCUT2D eigenvalue weighted by Crippen LogP contribution is -2.31. The Morgan fingerprint density at radius 1 is 1.07 bits per heavy atom. The van der Waals surface area contributed by atoms with Gasteiger partial charge in [-0.05, 0) is 75.2 Å². The first-order valence-electron chi connectivity index (χ1n) is 15.5. The van der Waals surface area contributed by atoms with E-state index in [-0.39, 0.29) is 48.2 Å². The number of carbonyl (C=O) groups is 2. The Kier molecular flexibility index (Phi) is 12.5. The Labute approximate surface area is 245 Å². The molecule has 0 amide bonds. The van der Waals surface area contributed by atoms with Gasteiger partial charge >= 0.3 is 11.9 Å². The Morgan fingerprint density at radius 2 is 1.90 bits per heavy atom. The average Bonchev–Trinajstić information content (AvgIpc) is 3.59. The molecular formula is C34H48O7. The summed E-state index contributed by atoms with van der Waals surface area (Å²) in [6.45, 7) is 2.15. The first-order chi connectivity index (χ1) is 19.9. The predicted octanol–water partition coefficient (Wildman–Crippen LogP) is 6.26. The molecule has 0 radical (unpaired) electrons. The molecule has 0 aromatic heterocycles. The SMILES string of the molecule is COC(=O)CCC/C=C\C[C@@H]1[C@@H](/C=C/[C@@H](O)C2CCC(c3ccccc3)C2)[C@H](OC2CCCCO2)C[C@@H]1OC(C)=O. The van der Waals surface area contributed by atoms with Crippen LogP contribution in [0, 0.1) is 17.8 Å². The van der Waals surface area contributed by atoms with E-state index in [9.17, 15) is 14.7 Å². The van der Waals surface area contributed by atoms with E-state index in [2.05, 4.69) is 42.5 Å². The predicted molar refractivity (Wildman–Crippen MR) is 157 cm³/mol. The largest absolute Gasteiger partial charge is 0.469 e. The van der Waals surface area contributed by atoms with Gasteiger partial charge in [0.1, 0.15) is 6.10 Å². The van der Waals surface area contributed by atoms with Crippen LogP contribution >= 0.6 is 0 Å². The molecule has 1 saturated heterocycles. The molecule has 7 heteroatoms. The van der Waals surface area contributed by atoms with Crippen LogP contribution in [0.3, 0.4) is 0 Å². The van der Waals surface area contributed by atoms with Gasteiger partial charge < -0.3 is 24.1 Å². The summed E-state index contributed by atoms with van der Waals surface area (Å²) in [5.74, 6) is 0.212. The molecule has 8 atom stereocenters. The molecule has 41 heavy (non-hydrogen) atoms. The zero-order chi connectivity index (χ0) is 29.0. The minimum absolute atomic E-state index is 0.0217. The third-order valence-corrected chi connectivity index (χ3v) is 8.96. The van der Waals surface area contributed by atoms with Crippen molar-refractivity contribution in [3.63, 3.8) is 0 Å². The van der Waals surface area contributed by atoms with Crippen LogP contribution in [-0.4, -0.2) is 55.4 Å². The summed E-state index contributed by atoms with van der Waals surface area (Å²) in [7, 11) is 1.41. The minimum Gasteiger partial charge on any atom is -0.469 e. The van der Waals surface area contributed by atoms with Gasteiger partial charge in [-0.25, -0.2) is 0 Å². The third kappa shape index (κ3) is 9.52. The molecule has 3 aliphatic rings. The second-order valence-corrected chi connectivity index (χ2v) is 11.8. The number of aliphatic hydroxyl groups is 1. The van der Waals surface area contributed by atoms with E-state index in [0.29, 0.717) is 31.8 Å². The number of allylic oxidation sites excluding steroid dienone is 2. The fraction of sp³-hybridized carbons (Fsp3) is 0.647. The van der Waals surface area contributed by atoms with Gasteiger partial charge in [-0.3, -0.25) is 9.59 Å². The lowest BCUT2D eigenvalue weighted by Gasteiger charge is -2.29. The molecule has 1 aromatic rings. The van der Waals surface area contributed by atoms with E-state index >= 15 is 0 Å². The molecule has 1 N–H and O–H groups in total. The van der Waals surface area contributed by atoms with Crippen molar-refractivity contribution >= 4 is 11.9 Å². The Hall–Kier alpha value is -2.48. The van der Waals surface area contributed by atoms with Crippen molar-refractivity contribution in [2.75, 3.05) is 13.7 Å². The molecule has 3 unspecified atom stereocenters. The molecule has 1 heterocycles. The van der Waals surface area contributed by atoms with Gasteiger partial charge in [0.05, 0.1) is 19.3 Å². The number of ether oxygens (including phenoxy) is 4. The zero-order valence-corrected chi connectivity index (χ0v) is 24.7. The van der Waals surface area contributed by atoms with E-state index in [1.165, 1.54) is 19.6 Å². The van der Waals surface area contributed by atoms with Gasteiger partial charge in [0, 0.05) is 38.2 Å². The second-order valence-electron chi connectivity index (χ2n) is 11.8. The molecule has 7 nitrogen and oxygen atoms in total. The zero-order valence-electron chi connectivity index (χ0n) is 24.7. The summed E-state index contributed by atoms with van der Waals surface area (Å²) in [5.41, 5.74) is 1.35. The van der Waals surface area contributed by atoms with Crippen molar-refractivity contribution in [1.82, 2.24) is 0 Å². The fourth-order valence-corrected chi connectivity index (χ4v) is 6.76. The van der Waals surface area contributed by atoms with Crippen LogP contribution in [0.4, 0.5) is 0 Å². The highest BCUT2D eigenvalue weighted by Crippen LogP contribution is 2.43. The van der Waals surface area contributed by atoms with Crippen LogP contribution < -0.4 is 0 Å². The molecule has 0 bridgehead atoms. The van der Waals surface area contributed by atoms with Crippen molar-refractivity contribution < 1.29 is 33.6 Å². The van der Waals surface area contributed by atoms with Gasteiger partial charge in [0.25, 0.3) is 0 Å². The maximum absolute atomic E-state index is 12.0. The molecule has 2 saturated carbocycles. The van der Waals surface area contributed by atoms with E-state index in [4.69, 9.17) is 18.9 Å². The van der Waals surface area contributed by atoms with Crippen LogP contribution in [-0.2, 0) is 28.5 Å². The van der Waals surface area contributed by atoms with Gasteiger partial charge in [-0.15, -0.1) is 0 Å². The lowest BCUT2D eigenvalue weighted by molar-refractivity contribution is -0.193. The van der Waals surface area contributed by atoms with E-state index in [1.807, 2.05) is 12.1 Å². The van der Waals surface area contributed by atoms with Crippen LogP contribution in [0.15, 0.2) is 54.6 Å². The van der Waals surface area contributed by atoms with Crippen LogP contribution in [0.2, 0.25) is 0 Å². The summed E-state index contributed by atoms with van der Waals surface area (Å²) in [4.78, 5) is 23.4. The van der Waals surface area contributed by atoms with E-state index in [1.54, 1.807) is 0 Å². The second kappa shape index (κ2) is 16.2. The molecule has 1 aromatic carbocycles. The Balaban J connectivity index is 1.44. The number of carbonyl (C=O) groups excluding carboxylic acids is 2. The number of aliphatic hydroxyl groups excluding tert-OH is 1. The fourth-order valence-electron chi connectivity index (χ4n) is 6.76. The lowest BCUT2D eigenvalue weighted by atomic mass is 9.88. The molecule has 3 fully saturated rings. The van der Waals surface area contributed by atoms with E-state index < -0.39 is 6.10 Å². The molecular weight excluding hydrogens is 520 g/mol. The van der Waals surface area contributed by atoms with Crippen molar-refractivity contribution in [3.05, 3.63) is 60.2 Å². The standard InChI is InChI=1S/C34H48O7/c1-24(35)40-31-23-32(41-34-16-10-11-21-39-34)29(28(31)14-8-3-4-9-15-33(37)38-2)19-20-30(36)27-18-17-26(22-27)25-12-6-5-7-13-25/h3,5-8,12-13,19-20,26-32,34,36H,4,9-11,14-18,21-23H2,1-2H3/b8-3-,20-19+/t26?,27?,28-,29-,30-,31+,32-,34?/m1/s1. The van der Waals surface area contributed by atoms with Crippen molar-refractivity contribution in [2.24, 2.45) is 17.8 Å². The summed E-state index contributed by atoms with van der Waals surface area (Å²) in [6.07, 6.45) is 16.3. The number of hydrogen-bond acceptors (Lipinski definition) is 7. The average molecular weight is 569 g/mol. The van der Waals surface area contributed by atoms with Crippen LogP contribution in [0.1, 0.15) is 89.0 Å². The normalized spacial score (nSPS) is 31.0. The first kappa shape index (κ1) is 31.5. The third-order valence-electron chi connectivity index (χ3n) is 8.96. The van der Waals surface area contributed by atoms with Gasteiger partial charge in [0.15, 0.2) is 6.29 Å². The highest BCUT2D eigenvalue weighted by Gasteiger charge is 2.45. The van der Waals surface area contributed by atoms with E-state index in [0.717, 1.165) is 51.4 Å². The molecule has 1 aliphatic heterocycles. The number of rotatable bonds is 13. The summed E-state index contributed by atoms with van der Waals surface area (Å²) in [6, 6.07) is 10.6. The quantitative estimate of drug-likeness (QED) is 0.171. The van der Waals surface area contributed by atoms with Crippen LogP contribution in [0.5, 0.6) is 0 Å². The molecule has 4 rings (SSSR count). The maximum atomic E-state index is 12.0. The number of unbranched alkanes of at least 4 members (excludes halogenated alkanes) is 1. The summed E-state index contributed by atoms with van der Waals surface area (Å²) < 4.78 is 22.9. The molecule has 0 spiro atoms. The minimum atomic E-state index is -0.530. The highest BCUT2D eigenvalue weighted by molar-refractivity contribution is 5.69. The number of benzene rings is 1. The number of methoxy groups -OCH3 is 1.